The average Bonchev–Trinajstić information content (AvgIpc) is 3.49. The molecule has 6 rings (SSSR count). The fraction of sp³-hybridized carbons (Fsp3) is 0.0882. The van der Waals surface area contributed by atoms with Gasteiger partial charge in [0, 0.05) is 17.3 Å². The molecule has 9 heteroatoms. The van der Waals surface area contributed by atoms with Gasteiger partial charge < -0.3 is 4.74 Å². The van der Waals surface area contributed by atoms with E-state index in [0.717, 1.165) is 0 Å². The number of aromatic amines is 2. The standard InChI is InChI=1S/C34H27FN4O4/c1-21-29(32(40)38(36-21)24-11-5-3-6-12-24)31(30-22(2)37-39(33(30)41)25-13-7-4-8-14-25)23-17-19-26(20-18-23)43-34(42)27-15-9-10-16-28(27)35/h3-20,31,36-37H,1-2H3. The lowest BCUT2D eigenvalue weighted by Crippen LogP contribution is -2.25. The minimum Gasteiger partial charge on any atom is -0.423 e. The maximum atomic E-state index is 14.1. The molecule has 0 fully saturated rings. The molecule has 0 amide bonds. The quantitative estimate of drug-likeness (QED) is 0.186. The number of carbonyl (C=O) groups excluding carboxylic acids is 1. The molecule has 2 heterocycles. The van der Waals surface area contributed by atoms with Gasteiger partial charge in [-0.15, -0.1) is 0 Å². The molecular formula is C34H27FN4O4. The van der Waals surface area contributed by atoms with Gasteiger partial charge in [0.25, 0.3) is 11.1 Å². The Balaban J connectivity index is 1.47. The van der Waals surface area contributed by atoms with Crippen LogP contribution in [0.2, 0.25) is 0 Å². The van der Waals surface area contributed by atoms with E-state index in [0.29, 0.717) is 39.5 Å². The summed E-state index contributed by atoms with van der Waals surface area (Å²) in [5, 5.41) is 6.34. The number of esters is 1. The summed E-state index contributed by atoms with van der Waals surface area (Å²) in [6.45, 7) is 3.59. The largest absolute Gasteiger partial charge is 0.423 e. The highest BCUT2D eigenvalue weighted by atomic mass is 19.1. The van der Waals surface area contributed by atoms with E-state index in [9.17, 15) is 18.8 Å². The highest BCUT2D eigenvalue weighted by molar-refractivity contribution is 5.91. The summed E-state index contributed by atoms with van der Waals surface area (Å²) in [4.78, 5) is 40.6. The Kier molecular flexibility index (Phi) is 7.21. The molecule has 214 valence electrons. The van der Waals surface area contributed by atoms with Crippen LogP contribution in [-0.2, 0) is 0 Å². The summed E-state index contributed by atoms with van der Waals surface area (Å²) in [5.74, 6) is -2.09. The Labute approximate surface area is 245 Å². The van der Waals surface area contributed by atoms with E-state index in [2.05, 4.69) is 10.2 Å². The van der Waals surface area contributed by atoms with Gasteiger partial charge in [0.2, 0.25) is 0 Å². The predicted molar refractivity (Wildman–Crippen MR) is 161 cm³/mol. The second-order valence-electron chi connectivity index (χ2n) is 10.1. The second-order valence-corrected chi connectivity index (χ2v) is 10.1. The molecule has 6 aromatic rings. The number of H-pyrrole nitrogens is 2. The van der Waals surface area contributed by atoms with Crippen molar-refractivity contribution in [1.29, 1.82) is 0 Å². The van der Waals surface area contributed by atoms with Gasteiger partial charge in [-0.3, -0.25) is 19.8 Å². The summed E-state index contributed by atoms with van der Waals surface area (Å²) in [5.41, 5.74) is 3.17. The molecule has 0 aliphatic carbocycles. The molecule has 0 aliphatic heterocycles. The number of nitrogens with zero attached hydrogens (tertiary/aromatic N) is 2. The molecule has 0 saturated heterocycles. The van der Waals surface area contributed by atoms with Crippen LogP contribution in [0.1, 0.15) is 44.4 Å². The molecule has 2 aromatic heterocycles. The molecule has 2 N–H and O–H groups in total. The molecule has 0 atom stereocenters. The van der Waals surface area contributed by atoms with Gasteiger partial charge in [-0.25, -0.2) is 18.5 Å². The normalized spacial score (nSPS) is 11.2. The van der Waals surface area contributed by atoms with E-state index >= 15 is 0 Å². The monoisotopic (exact) mass is 574 g/mol. The van der Waals surface area contributed by atoms with Crippen LogP contribution < -0.4 is 15.9 Å². The first kappa shape index (κ1) is 27.5. The van der Waals surface area contributed by atoms with Crippen LogP contribution in [0.15, 0.2) is 119 Å². The Morgan fingerprint density at radius 3 is 1.63 bits per heavy atom. The van der Waals surface area contributed by atoms with Gasteiger partial charge in [-0.1, -0.05) is 60.7 Å². The third-order valence-electron chi connectivity index (χ3n) is 7.36. The van der Waals surface area contributed by atoms with Crippen molar-refractivity contribution >= 4 is 5.97 Å². The van der Waals surface area contributed by atoms with Gasteiger partial charge in [-0.05, 0) is 67.9 Å². The zero-order chi connectivity index (χ0) is 30.1. The zero-order valence-corrected chi connectivity index (χ0v) is 23.4. The third kappa shape index (κ3) is 5.12. The van der Waals surface area contributed by atoms with E-state index in [1.807, 2.05) is 60.7 Å². The van der Waals surface area contributed by atoms with Crippen LogP contribution in [-0.4, -0.2) is 25.5 Å². The van der Waals surface area contributed by atoms with E-state index in [1.54, 1.807) is 44.2 Å². The van der Waals surface area contributed by atoms with Crippen LogP contribution in [0, 0.1) is 19.7 Å². The minimum absolute atomic E-state index is 0.182. The van der Waals surface area contributed by atoms with E-state index in [-0.39, 0.29) is 22.4 Å². The molecule has 43 heavy (non-hydrogen) atoms. The number of nitrogens with one attached hydrogen (secondary N) is 2. The van der Waals surface area contributed by atoms with E-state index < -0.39 is 17.7 Å². The first-order valence-electron chi connectivity index (χ1n) is 13.6. The number of hydrogen-bond acceptors (Lipinski definition) is 4. The molecule has 0 spiro atoms. The molecule has 8 nitrogen and oxygen atoms in total. The number of ether oxygens (including phenoxy) is 1. The summed E-state index contributed by atoms with van der Waals surface area (Å²) < 4.78 is 22.5. The molecular weight excluding hydrogens is 547 g/mol. The zero-order valence-electron chi connectivity index (χ0n) is 23.4. The SMILES string of the molecule is Cc1[nH]n(-c2ccccc2)c(=O)c1C(c1ccc(OC(=O)c2ccccc2F)cc1)c1c(C)[nH]n(-c2ccccc2)c1=O. The molecule has 0 radical (unpaired) electrons. The lowest BCUT2D eigenvalue weighted by atomic mass is 9.85. The van der Waals surface area contributed by atoms with Crippen molar-refractivity contribution in [2.75, 3.05) is 0 Å². The first-order valence-corrected chi connectivity index (χ1v) is 13.6. The fourth-order valence-electron chi connectivity index (χ4n) is 5.31. The lowest BCUT2D eigenvalue weighted by Gasteiger charge is -2.16. The minimum atomic E-state index is -0.832. The Morgan fingerprint density at radius 2 is 1.14 bits per heavy atom. The van der Waals surface area contributed by atoms with Crippen LogP contribution in [0.5, 0.6) is 5.75 Å². The van der Waals surface area contributed by atoms with Crippen LogP contribution in [0.4, 0.5) is 4.39 Å². The first-order chi connectivity index (χ1) is 20.8. The maximum Gasteiger partial charge on any atom is 0.346 e. The highest BCUT2D eigenvalue weighted by Crippen LogP contribution is 2.33. The van der Waals surface area contributed by atoms with Gasteiger partial charge in [-0.2, -0.15) is 0 Å². The molecule has 0 bridgehead atoms. The Morgan fingerprint density at radius 1 is 0.674 bits per heavy atom. The maximum absolute atomic E-state index is 14.1. The predicted octanol–water partition coefficient (Wildman–Crippen LogP) is 5.80. The number of aryl methyl sites for hydroxylation is 2. The summed E-state index contributed by atoms with van der Waals surface area (Å²) in [6.07, 6.45) is 0. The summed E-state index contributed by atoms with van der Waals surface area (Å²) >= 11 is 0. The second kappa shape index (κ2) is 11.3. The molecule has 0 aliphatic rings. The topological polar surface area (TPSA) is 102 Å². The number of halogens is 1. The number of rotatable bonds is 7. The van der Waals surface area contributed by atoms with Crippen molar-refractivity contribution in [3.8, 4) is 17.1 Å². The number of carbonyl (C=O) groups is 1. The number of para-hydroxylation sites is 2. The van der Waals surface area contributed by atoms with Gasteiger partial charge >= 0.3 is 5.97 Å². The summed E-state index contributed by atoms with van der Waals surface area (Å²) in [6, 6.07) is 30.5. The van der Waals surface area contributed by atoms with Crippen molar-refractivity contribution in [1.82, 2.24) is 19.6 Å². The summed E-state index contributed by atoms with van der Waals surface area (Å²) in [7, 11) is 0. The van der Waals surface area contributed by atoms with Crippen LogP contribution >= 0.6 is 0 Å². The van der Waals surface area contributed by atoms with Crippen molar-refractivity contribution in [2.24, 2.45) is 0 Å². The number of hydrogen-bond donors (Lipinski definition) is 2. The number of aromatic nitrogens is 4. The Hall–Kier alpha value is -5.70. The fourth-order valence-corrected chi connectivity index (χ4v) is 5.31. The van der Waals surface area contributed by atoms with Gasteiger partial charge in [0.15, 0.2) is 0 Å². The molecule has 0 saturated carbocycles. The van der Waals surface area contributed by atoms with Crippen LogP contribution in [0.25, 0.3) is 11.4 Å². The smallest absolute Gasteiger partial charge is 0.346 e. The van der Waals surface area contributed by atoms with Crippen molar-refractivity contribution < 1.29 is 13.9 Å². The van der Waals surface area contributed by atoms with Gasteiger partial charge in [0.05, 0.1) is 28.1 Å². The van der Waals surface area contributed by atoms with Crippen molar-refractivity contribution in [3.05, 3.63) is 169 Å². The van der Waals surface area contributed by atoms with Gasteiger partial charge in [0.1, 0.15) is 11.6 Å². The van der Waals surface area contributed by atoms with E-state index in [4.69, 9.17) is 4.74 Å². The van der Waals surface area contributed by atoms with Crippen molar-refractivity contribution in [2.45, 2.75) is 19.8 Å². The lowest BCUT2D eigenvalue weighted by molar-refractivity contribution is 0.0730. The van der Waals surface area contributed by atoms with Crippen LogP contribution in [0.3, 0.4) is 0 Å². The molecule has 0 unspecified atom stereocenters. The third-order valence-corrected chi connectivity index (χ3v) is 7.36. The van der Waals surface area contributed by atoms with E-state index in [1.165, 1.54) is 27.6 Å². The Bertz CT molecular complexity index is 1940. The highest BCUT2D eigenvalue weighted by Gasteiger charge is 2.31. The average molecular weight is 575 g/mol. The number of benzene rings is 4. The molecule has 4 aromatic carbocycles. The van der Waals surface area contributed by atoms with Crippen molar-refractivity contribution in [3.63, 3.8) is 0 Å².